The summed E-state index contributed by atoms with van der Waals surface area (Å²) in [5, 5.41) is 0. The standard InChI is InChI=1S/C12H16O2S/c1-10-8-9-15(13,14)12(10,2)11-6-4-3-5-7-11/h3-7,10H,8-9H2,1-2H3. The van der Waals surface area contributed by atoms with Gasteiger partial charge >= 0.3 is 0 Å². The first-order valence-corrected chi connectivity index (χ1v) is 6.91. The zero-order valence-corrected chi connectivity index (χ0v) is 9.92. The van der Waals surface area contributed by atoms with Gasteiger partial charge in [-0.3, -0.25) is 0 Å². The number of hydrogen-bond donors (Lipinski definition) is 0. The van der Waals surface area contributed by atoms with Crippen LogP contribution in [0.1, 0.15) is 25.8 Å². The van der Waals surface area contributed by atoms with Gasteiger partial charge < -0.3 is 0 Å². The minimum Gasteiger partial charge on any atom is -0.228 e. The summed E-state index contributed by atoms with van der Waals surface area (Å²) in [5.74, 6) is 0.518. The summed E-state index contributed by atoms with van der Waals surface area (Å²) in [6.07, 6.45) is 0.772. The molecule has 0 spiro atoms. The molecule has 2 rings (SSSR count). The molecule has 3 heteroatoms. The molecular formula is C12H16O2S. The monoisotopic (exact) mass is 224 g/mol. The molecule has 1 aliphatic rings. The van der Waals surface area contributed by atoms with E-state index < -0.39 is 14.6 Å². The Morgan fingerprint density at radius 3 is 2.33 bits per heavy atom. The topological polar surface area (TPSA) is 34.1 Å². The van der Waals surface area contributed by atoms with E-state index in [4.69, 9.17) is 0 Å². The third-order valence-corrected chi connectivity index (χ3v) is 6.46. The molecule has 1 saturated heterocycles. The molecule has 0 bridgehead atoms. The molecular weight excluding hydrogens is 208 g/mol. The minimum atomic E-state index is -2.99. The summed E-state index contributed by atoms with van der Waals surface area (Å²) in [5.41, 5.74) is 0.926. The van der Waals surface area contributed by atoms with Crippen molar-refractivity contribution in [2.45, 2.75) is 25.0 Å². The normalized spacial score (nSPS) is 34.1. The van der Waals surface area contributed by atoms with Gasteiger partial charge in [-0.15, -0.1) is 0 Å². The van der Waals surface area contributed by atoms with E-state index in [-0.39, 0.29) is 5.92 Å². The van der Waals surface area contributed by atoms with Crippen LogP contribution >= 0.6 is 0 Å². The molecule has 1 aliphatic heterocycles. The highest BCUT2D eigenvalue weighted by atomic mass is 32.2. The third-order valence-electron chi connectivity index (χ3n) is 3.75. The lowest BCUT2D eigenvalue weighted by molar-refractivity contribution is 0.440. The molecule has 1 fully saturated rings. The molecule has 2 unspecified atom stereocenters. The first kappa shape index (κ1) is 10.7. The molecule has 2 atom stereocenters. The molecule has 0 saturated carbocycles. The predicted molar refractivity (Wildman–Crippen MR) is 61.4 cm³/mol. The van der Waals surface area contributed by atoms with Crippen molar-refractivity contribution in [2.75, 3.05) is 5.75 Å². The molecule has 1 aromatic rings. The van der Waals surface area contributed by atoms with Gasteiger partial charge in [0.15, 0.2) is 9.84 Å². The van der Waals surface area contributed by atoms with Crippen LogP contribution in [0.4, 0.5) is 0 Å². The fourth-order valence-electron chi connectivity index (χ4n) is 2.36. The maximum absolute atomic E-state index is 12.1. The summed E-state index contributed by atoms with van der Waals surface area (Å²) in [6.45, 7) is 3.88. The molecule has 15 heavy (non-hydrogen) atoms. The summed E-state index contributed by atoms with van der Waals surface area (Å²) in [7, 11) is -2.99. The second kappa shape index (κ2) is 3.34. The van der Waals surface area contributed by atoms with Crippen LogP contribution in [0, 0.1) is 5.92 Å². The molecule has 1 heterocycles. The zero-order chi connectivity index (χ0) is 11.1. The molecule has 0 N–H and O–H groups in total. The van der Waals surface area contributed by atoms with Gasteiger partial charge in [-0.05, 0) is 24.8 Å². The van der Waals surface area contributed by atoms with Gasteiger partial charge in [0, 0.05) is 0 Å². The average molecular weight is 224 g/mol. The van der Waals surface area contributed by atoms with Crippen LogP contribution in [0.25, 0.3) is 0 Å². The number of sulfone groups is 1. The Morgan fingerprint density at radius 2 is 1.87 bits per heavy atom. The van der Waals surface area contributed by atoms with Crippen LogP contribution < -0.4 is 0 Å². The van der Waals surface area contributed by atoms with Crippen molar-refractivity contribution < 1.29 is 8.42 Å². The Morgan fingerprint density at radius 1 is 1.27 bits per heavy atom. The smallest absolute Gasteiger partial charge is 0.160 e. The third kappa shape index (κ3) is 1.41. The molecule has 0 amide bonds. The predicted octanol–water partition coefficient (Wildman–Crippen LogP) is 2.36. The van der Waals surface area contributed by atoms with Crippen molar-refractivity contribution in [3.8, 4) is 0 Å². The van der Waals surface area contributed by atoms with Gasteiger partial charge in [-0.1, -0.05) is 37.3 Å². The van der Waals surface area contributed by atoms with Gasteiger partial charge in [0.25, 0.3) is 0 Å². The Balaban J connectivity index is 2.59. The number of hydrogen-bond acceptors (Lipinski definition) is 2. The molecule has 0 aromatic heterocycles. The van der Waals surface area contributed by atoms with Crippen molar-refractivity contribution in [1.29, 1.82) is 0 Å². The van der Waals surface area contributed by atoms with Gasteiger partial charge in [0.1, 0.15) is 0 Å². The summed E-state index contributed by atoms with van der Waals surface area (Å²) < 4.78 is 23.5. The van der Waals surface area contributed by atoms with Crippen molar-refractivity contribution in [2.24, 2.45) is 5.92 Å². The van der Waals surface area contributed by atoms with Crippen molar-refractivity contribution >= 4 is 9.84 Å². The van der Waals surface area contributed by atoms with E-state index in [1.165, 1.54) is 0 Å². The fourth-order valence-corrected chi connectivity index (χ4v) is 4.67. The highest BCUT2D eigenvalue weighted by Gasteiger charge is 2.49. The number of rotatable bonds is 1. The van der Waals surface area contributed by atoms with Crippen molar-refractivity contribution in [1.82, 2.24) is 0 Å². The quantitative estimate of drug-likeness (QED) is 0.734. The molecule has 0 aliphatic carbocycles. The highest BCUT2D eigenvalue weighted by molar-refractivity contribution is 7.92. The van der Waals surface area contributed by atoms with Crippen LogP contribution in [0.2, 0.25) is 0 Å². The largest absolute Gasteiger partial charge is 0.228 e. The SMILES string of the molecule is CC1CCS(=O)(=O)C1(C)c1ccccc1. The lowest BCUT2D eigenvalue weighted by Gasteiger charge is -2.28. The average Bonchev–Trinajstić information content (AvgIpc) is 2.44. The number of benzene rings is 1. The van der Waals surface area contributed by atoms with E-state index in [2.05, 4.69) is 0 Å². The first-order valence-electron chi connectivity index (χ1n) is 5.26. The molecule has 2 nitrogen and oxygen atoms in total. The Kier molecular flexibility index (Phi) is 2.38. The van der Waals surface area contributed by atoms with E-state index in [1.54, 1.807) is 0 Å². The van der Waals surface area contributed by atoms with E-state index in [1.807, 2.05) is 44.2 Å². The highest BCUT2D eigenvalue weighted by Crippen LogP contribution is 2.45. The van der Waals surface area contributed by atoms with Crippen LogP contribution in [0.5, 0.6) is 0 Å². The first-order chi connectivity index (χ1) is 6.98. The molecule has 1 aromatic carbocycles. The van der Waals surface area contributed by atoms with E-state index in [9.17, 15) is 8.42 Å². The fraction of sp³-hybridized carbons (Fsp3) is 0.500. The lowest BCUT2D eigenvalue weighted by atomic mass is 9.87. The summed E-state index contributed by atoms with van der Waals surface area (Å²) in [4.78, 5) is 0. The van der Waals surface area contributed by atoms with Gasteiger partial charge in [0.05, 0.1) is 10.5 Å². The maximum atomic E-state index is 12.1. The van der Waals surface area contributed by atoms with Gasteiger partial charge in [-0.25, -0.2) is 8.42 Å². The van der Waals surface area contributed by atoms with E-state index >= 15 is 0 Å². The second-order valence-corrected chi connectivity index (χ2v) is 6.97. The van der Waals surface area contributed by atoms with Crippen LogP contribution in [0.15, 0.2) is 30.3 Å². The lowest BCUT2D eigenvalue weighted by Crippen LogP contribution is -2.33. The van der Waals surface area contributed by atoms with Gasteiger partial charge in [0.2, 0.25) is 0 Å². The van der Waals surface area contributed by atoms with Crippen LogP contribution in [0.3, 0.4) is 0 Å². The summed E-state index contributed by atoms with van der Waals surface area (Å²) in [6, 6.07) is 9.56. The van der Waals surface area contributed by atoms with Crippen LogP contribution in [-0.2, 0) is 14.6 Å². The van der Waals surface area contributed by atoms with Gasteiger partial charge in [-0.2, -0.15) is 0 Å². The minimum absolute atomic E-state index is 0.199. The molecule has 0 radical (unpaired) electrons. The Hall–Kier alpha value is -0.830. The van der Waals surface area contributed by atoms with E-state index in [0.29, 0.717) is 5.75 Å². The second-order valence-electron chi connectivity index (χ2n) is 4.48. The molecule has 82 valence electrons. The zero-order valence-electron chi connectivity index (χ0n) is 9.10. The summed E-state index contributed by atoms with van der Waals surface area (Å²) >= 11 is 0. The Labute approximate surface area is 91.2 Å². The van der Waals surface area contributed by atoms with Crippen molar-refractivity contribution in [3.63, 3.8) is 0 Å². The van der Waals surface area contributed by atoms with E-state index in [0.717, 1.165) is 12.0 Å². The maximum Gasteiger partial charge on any atom is 0.160 e. The Bertz CT molecular complexity index is 450. The van der Waals surface area contributed by atoms with Crippen LogP contribution in [-0.4, -0.2) is 14.2 Å². The van der Waals surface area contributed by atoms with Crippen molar-refractivity contribution in [3.05, 3.63) is 35.9 Å².